The topological polar surface area (TPSA) is 97.6 Å². The number of aliphatic hydroxyl groups excluding tert-OH is 1. The van der Waals surface area contributed by atoms with Crippen molar-refractivity contribution in [2.75, 3.05) is 6.54 Å². The average Bonchev–Trinajstić information content (AvgIpc) is 3.38. The van der Waals surface area contributed by atoms with Crippen LogP contribution >= 0.6 is 15.9 Å². The van der Waals surface area contributed by atoms with Crippen molar-refractivity contribution in [3.8, 4) is 5.88 Å². The summed E-state index contributed by atoms with van der Waals surface area (Å²) in [5.74, 6) is 7.08. The highest BCUT2D eigenvalue weighted by Gasteiger charge is 2.22. The molecule has 1 aromatic rings. The number of nitrogens with zero attached hydrogens (tertiary/aromatic N) is 2. The van der Waals surface area contributed by atoms with E-state index in [0.717, 1.165) is 18.0 Å². The second-order valence-corrected chi connectivity index (χ2v) is 7.42. The van der Waals surface area contributed by atoms with Gasteiger partial charge in [0.05, 0.1) is 10.6 Å². The van der Waals surface area contributed by atoms with Crippen LogP contribution in [0.3, 0.4) is 0 Å². The van der Waals surface area contributed by atoms with Gasteiger partial charge >= 0.3 is 0 Å². The Morgan fingerprint density at radius 3 is 2.88 bits per heavy atom. The summed E-state index contributed by atoms with van der Waals surface area (Å²) in [5.41, 5.74) is 7.25. The Morgan fingerprint density at radius 1 is 1.56 bits per heavy atom. The minimum absolute atomic E-state index is 0.344. The van der Waals surface area contributed by atoms with E-state index < -0.39 is 6.10 Å². The summed E-state index contributed by atoms with van der Waals surface area (Å²) in [5, 5.41) is 11.7. The van der Waals surface area contributed by atoms with Gasteiger partial charge in [0, 0.05) is 37.1 Å². The standard InChI is InChI=1S/C18H27BrN4O2/c1-12-8-15(13(2)24)18(22-10-12)25-17(16(19)9-20)4-3-7-23(21)11-14-5-6-14/h3,7-10,13-14,17,24H,4-6,11,20-21H2,1-2H3/b7-3+,16-9-. The third-order valence-corrected chi connectivity index (χ3v) is 4.77. The molecule has 1 fully saturated rings. The van der Waals surface area contributed by atoms with Gasteiger partial charge in [0.1, 0.15) is 6.10 Å². The third kappa shape index (κ3) is 6.34. The molecule has 1 heterocycles. The molecule has 0 saturated heterocycles. The fraction of sp³-hybridized carbons (Fsp3) is 0.500. The van der Waals surface area contributed by atoms with Crippen molar-refractivity contribution in [2.45, 2.75) is 45.3 Å². The van der Waals surface area contributed by atoms with Gasteiger partial charge in [-0.2, -0.15) is 0 Å². The number of ether oxygens (including phenoxy) is 1. The first-order valence-electron chi connectivity index (χ1n) is 8.47. The molecule has 0 bridgehead atoms. The maximum absolute atomic E-state index is 9.97. The number of aliphatic hydroxyl groups is 1. The third-order valence-electron chi connectivity index (χ3n) is 4.00. The summed E-state index contributed by atoms with van der Waals surface area (Å²) in [6.07, 6.45) is 9.07. The molecule has 5 N–H and O–H groups in total. The first-order valence-corrected chi connectivity index (χ1v) is 9.26. The highest BCUT2D eigenvalue weighted by Crippen LogP contribution is 2.29. The summed E-state index contributed by atoms with van der Waals surface area (Å²) >= 11 is 3.44. The number of hydrazine groups is 1. The summed E-state index contributed by atoms with van der Waals surface area (Å²) < 4.78 is 6.72. The quantitative estimate of drug-likeness (QED) is 0.427. The van der Waals surface area contributed by atoms with Gasteiger partial charge < -0.3 is 20.6 Å². The molecule has 6 nitrogen and oxygen atoms in total. The molecule has 2 atom stereocenters. The van der Waals surface area contributed by atoms with E-state index in [1.807, 2.05) is 25.3 Å². The molecule has 0 aromatic carbocycles. The van der Waals surface area contributed by atoms with Crippen molar-refractivity contribution in [1.82, 2.24) is 9.99 Å². The van der Waals surface area contributed by atoms with Crippen molar-refractivity contribution in [3.63, 3.8) is 0 Å². The Balaban J connectivity index is 2.06. The lowest BCUT2D eigenvalue weighted by atomic mass is 10.1. The zero-order chi connectivity index (χ0) is 18.4. The number of aromatic nitrogens is 1. The molecule has 25 heavy (non-hydrogen) atoms. The van der Waals surface area contributed by atoms with Gasteiger partial charge in [-0.25, -0.2) is 10.8 Å². The van der Waals surface area contributed by atoms with Crippen LogP contribution in [0.2, 0.25) is 0 Å². The number of hydrogen-bond donors (Lipinski definition) is 3. The molecule has 7 heteroatoms. The molecule has 1 aromatic heterocycles. The summed E-state index contributed by atoms with van der Waals surface area (Å²) in [6.45, 7) is 4.49. The van der Waals surface area contributed by atoms with Crippen LogP contribution in [0.15, 0.2) is 35.2 Å². The fourth-order valence-electron chi connectivity index (χ4n) is 2.42. The molecule has 0 spiro atoms. The zero-order valence-corrected chi connectivity index (χ0v) is 16.3. The Morgan fingerprint density at radius 2 is 2.28 bits per heavy atom. The number of aryl methyl sites for hydroxylation is 1. The van der Waals surface area contributed by atoms with Crippen LogP contribution in [0.5, 0.6) is 5.88 Å². The maximum Gasteiger partial charge on any atom is 0.219 e. The normalized spacial score (nSPS) is 17.6. The molecule has 2 unspecified atom stereocenters. The van der Waals surface area contributed by atoms with Crippen LogP contribution < -0.4 is 16.3 Å². The zero-order valence-electron chi connectivity index (χ0n) is 14.7. The van der Waals surface area contributed by atoms with Crippen molar-refractivity contribution >= 4 is 15.9 Å². The van der Waals surface area contributed by atoms with Gasteiger partial charge in [-0.05, 0) is 60.2 Å². The minimum Gasteiger partial charge on any atom is -0.468 e. The Hall–Kier alpha value is -1.57. The van der Waals surface area contributed by atoms with Crippen molar-refractivity contribution < 1.29 is 9.84 Å². The van der Waals surface area contributed by atoms with Crippen LogP contribution in [0.25, 0.3) is 0 Å². The van der Waals surface area contributed by atoms with E-state index in [1.165, 1.54) is 19.0 Å². The Bertz CT molecular complexity index is 630. The van der Waals surface area contributed by atoms with E-state index in [2.05, 4.69) is 20.9 Å². The van der Waals surface area contributed by atoms with Crippen LogP contribution in [-0.2, 0) is 0 Å². The number of pyridine rings is 1. The minimum atomic E-state index is -0.669. The summed E-state index contributed by atoms with van der Waals surface area (Å²) in [4.78, 5) is 4.32. The van der Waals surface area contributed by atoms with Gasteiger partial charge in [-0.1, -0.05) is 6.08 Å². The van der Waals surface area contributed by atoms with E-state index in [4.69, 9.17) is 16.3 Å². The van der Waals surface area contributed by atoms with Gasteiger partial charge in [0.2, 0.25) is 5.88 Å². The lowest BCUT2D eigenvalue weighted by molar-refractivity contribution is 0.180. The monoisotopic (exact) mass is 410 g/mol. The average molecular weight is 411 g/mol. The first-order chi connectivity index (χ1) is 11.9. The van der Waals surface area contributed by atoms with E-state index in [1.54, 1.807) is 18.1 Å². The molecule has 1 aliphatic rings. The fourth-order valence-corrected chi connectivity index (χ4v) is 2.70. The molecule has 0 aliphatic heterocycles. The summed E-state index contributed by atoms with van der Waals surface area (Å²) in [6, 6.07) is 1.87. The molecular formula is C18H27BrN4O2. The number of nitrogens with two attached hydrogens (primary N) is 2. The van der Waals surface area contributed by atoms with Crippen molar-refractivity contribution in [2.24, 2.45) is 17.5 Å². The van der Waals surface area contributed by atoms with Gasteiger partial charge in [0.15, 0.2) is 0 Å². The molecule has 1 saturated carbocycles. The Labute approximate surface area is 157 Å². The van der Waals surface area contributed by atoms with Crippen molar-refractivity contribution in [1.29, 1.82) is 0 Å². The highest BCUT2D eigenvalue weighted by atomic mass is 79.9. The lowest BCUT2D eigenvalue weighted by Gasteiger charge is -2.20. The smallest absolute Gasteiger partial charge is 0.219 e. The van der Waals surface area contributed by atoms with Crippen LogP contribution in [0.1, 0.15) is 43.4 Å². The number of hydrogen-bond acceptors (Lipinski definition) is 6. The van der Waals surface area contributed by atoms with Crippen LogP contribution in [-0.4, -0.2) is 27.7 Å². The van der Waals surface area contributed by atoms with Gasteiger partial charge in [-0.3, -0.25) is 0 Å². The lowest BCUT2D eigenvalue weighted by Crippen LogP contribution is -2.27. The highest BCUT2D eigenvalue weighted by molar-refractivity contribution is 9.11. The molecule has 1 aliphatic carbocycles. The predicted molar refractivity (Wildman–Crippen MR) is 103 cm³/mol. The number of rotatable bonds is 9. The Kier molecular flexibility index (Phi) is 7.28. The van der Waals surface area contributed by atoms with E-state index in [9.17, 15) is 5.11 Å². The maximum atomic E-state index is 9.97. The van der Waals surface area contributed by atoms with Crippen LogP contribution in [0.4, 0.5) is 0 Å². The van der Waals surface area contributed by atoms with Crippen LogP contribution in [0, 0.1) is 12.8 Å². The van der Waals surface area contributed by atoms with Gasteiger partial charge in [0.25, 0.3) is 0 Å². The van der Waals surface area contributed by atoms with E-state index in [-0.39, 0.29) is 6.10 Å². The SMILES string of the molecule is Cc1cnc(OC(C/C=C/N(N)CC2CC2)/C(Br)=C/N)c(C(C)O)c1. The van der Waals surface area contributed by atoms with Crippen molar-refractivity contribution in [3.05, 3.63) is 46.3 Å². The predicted octanol–water partition coefficient (Wildman–Crippen LogP) is 2.88. The molecular weight excluding hydrogens is 384 g/mol. The largest absolute Gasteiger partial charge is 0.468 e. The number of halogens is 1. The second kappa shape index (κ2) is 9.22. The van der Waals surface area contributed by atoms with E-state index >= 15 is 0 Å². The summed E-state index contributed by atoms with van der Waals surface area (Å²) in [7, 11) is 0. The molecule has 0 amide bonds. The molecule has 2 rings (SSSR count). The van der Waals surface area contributed by atoms with Gasteiger partial charge in [-0.15, -0.1) is 0 Å². The second-order valence-electron chi connectivity index (χ2n) is 6.50. The molecule has 0 radical (unpaired) electrons. The van der Waals surface area contributed by atoms with E-state index in [0.29, 0.717) is 22.3 Å². The molecule has 138 valence electrons. The first kappa shape index (κ1) is 19.8.